The number of hydrogen-bond donors (Lipinski definition) is 1. The molecule has 0 aliphatic carbocycles. The fourth-order valence-corrected chi connectivity index (χ4v) is 3.93. The molecule has 2 fully saturated rings. The van der Waals surface area contributed by atoms with Crippen LogP contribution in [0.15, 0.2) is 24.3 Å². The van der Waals surface area contributed by atoms with Crippen molar-refractivity contribution in [2.24, 2.45) is 11.7 Å². The summed E-state index contributed by atoms with van der Waals surface area (Å²) in [7, 11) is 0. The molecule has 4 rings (SSSR count). The van der Waals surface area contributed by atoms with Crippen molar-refractivity contribution in [2.75, 3.05) is 32.8 Å². The van der Waals surface area contributed by atoms with Crippen LogP contribution >= 0.6 is 0 Å². The molecule has 2 aliphatic heterocycles. The van der Waals surface area contributed by atoms with Gasteiger partial charge in [0.1, 0.15) is 11.5 Å². The third-order valence-corrected chi connectivity index (χ3v) is 5.25. The first-order chi connectivity index (χ1) is 12.3. The predicted octanol–water partition coefficient (Wildman–Crippen LogP) is 1.83. The van der Waals surface area contributed by atoms with Crippen molar-refractivity contribution >= 4 is 0 Å². The average Bonchev–Trinajstić information content (AvgIpc) is 3.35. The van der Waals surface area contributed by atoms with E-state index in [1.165, 1.54) is 6.07 Å². The first kappa shape index (κ1) is 16.6. The highest BCUT2D eigenvalue weighted by Gasteiger charge is 2.30. The molecule has 134 valence electrons. The van der Waals surface area contributed by atoms with Crippen molar-refractivity contribution < 1.29 is 9.13 Å². The minimum atomic E-state index is -0.293. The number of halogens is 1. The van der Waals surface area contributed by atoms with Crippen molar-refractivity contribution in [3.63, 3.8) is 0 Å². The zero-order valence-corrected chi connectivity index (χ0v) is 14.3. The lowest BCUT2D eigenvalue weighted by Gasteiger charge is -2.19. The van der Waals surface area contributed by atoms with Crippen molar-refractivity contribution in [3.8, 4) is 11.3 Å². The third kappa shape index (κ3) is 3.31. The van der Waals surface area contributed by atoms with Gasteiger partial charge in [-0.3, -0.25) is 0 Å². The van der Waals surface area contributed by atoms with Crippen LogP contribution in [0.5, 0.6) is 0 Å². The molecule has 3 heterocycles. The molecule has 1 aromatic carbocycles. The topological polar surface area (TPSA) is 69.2 Å². The van der Waals surface area contributed by atoms with Crippen LogP contribution in [0.2, 0.25) is 0 Å². The molecule has 7 heteroatoms. The second-order valence-electron chi connectivity index (χ2n) is 6.94. The van der Waals surface area contributed by atoms with Gasteiger partial charge in [-0.05, 0) is 30.9 Å². The van der Waals surface area contributed by atoms with Gasteiger partial charge in [0.05, 0.1) is 18.3 Å². The van der Waals surface area contributed by atoms with E-state index in [4.69, 9.17) is 10.5 Å². The Balaban J connectivity index is 1.52. The molecule has 0 spiro atoms. The van der Waals surface area contributed by atoms with E-state index in [1.807, 2.05) is 4.68 Å². The smallest absolute Gasteiger partial charge is 0.132 e. The summed E-state index contributed by atoms with van der Waals surface area (Å²) in [5.74, 6) is 0.344. The monoisotopic (exact) mass is 345 g/mol. The minimum absolute atomic E-state index is 0.244. The Kier molecular flexibility index (Phi) is 4.78. The molecule has 2 N–H and O–H groups in total. The quantitative estimate of drug-likeness (QED) is 0.895. The fraction of sp³-hybridized carbons (Fsp3) is 0.556. The number of aromatic nitrogens is 3. The van der Waals surface area contributed by atoms with E-state index in [0.29, 0.717) is 23.7 Å². The predicted molar refractivity (Wildman–Crippen MR) is 92.3 cm³/mol. The van der Waals surface area contributed by atoms with Gasteiger partial charge in [-0.1, -0.05) is 17.3 Å². The lowest BCUT2D eigenvalue weighted by Crippen LogP contribution is -2.28. The van der Waals surface area contributed by atoms with Crippen molar-refractivity contribution in [1.29, 1.82) is 0 Å². The SMILES string of the molecule is NCc1c(-c2ccccc2F)nnn1C1CCN(CC2CCOC2)C1. The van der Waals surface area contributed by atoms with Crippen molar-refractivity contribution in [3.05, 3.63) is 35.8 Å². The van der Waals surface area contributed by atoms with Gasteiger partial charge in [0.2, 0.25) is 0 Å². The van der Waals surface area contributed by atoms with Crippen LogP contribution in [-0.4, -0.2) is 52.7 Å². The molecule has 0 bridgehead atoms. The number of nitrogens with zero attached hydrogens (tertiary/aromatic N) is 4. The average molecular weight is 345 g/mol. The Bertz CT molecular complexity index is 728. The van der Waals surface area contributed by atoms with Gasteiger partial charge in [0, 0.05) is 38.3 Å². The maximum Gasteiger partial charge on any atom is 0.132 e. The Hall–Kier alpha value is -1.83. The molecular formula is C18H24FN5O. The highest BCUT2D eigenvalue weighted by atomic mass is 19.1. The lowest BCUT2D eigenvalue weighted by atomic mass is 10.1. The number of rotatable bonds is 5. The molecule has 2 aromatic rings. The van der Waals surface area contributed by atoms with Crippen LogP contribution < -0.4 is 5.73 Å². The standard InChI is InChI=1S/C18H24FN5O/c19-16-4-2-1-3-15(16)18-17(9-20)24(22-21-18)14-5-7-23(11-14)10-13-6-8-25-12-13/h1-4,13-14H,5-12,20H2. The first-order valence-corrected chi connectivity index (χ1v) is 8.95. The molecule has 0 saturated carbocycles. The molecule has 2 saturated heterocycles. The molecule has 0 amide bonds. The second kappa shape index (κ2) is 7.19. The summed E-state index contributed by atoms with van der Waals surface area (Å²) in [4.78, 5) is 2.47. The van der Waals surface area contributed by atoms with Gasteiger partial charge in [0.15, 0.2) is 0 Å². The van der Waals surface area contributed by atoms with Gasteiger partial charge in [0.25, 0.3) is 0 Å². The van der Waals surface area contributed by atoms with E-state index in [0.717, 1.165) is 51.4 Å². The summed E-state index contributed by atoms with van der Waals surface area (Å²) < 4.78 is 21.5. The van der Waals surface area contributed by atoms with Crippen LogP contribution in [0.3, 0.4) is 0 Å². The molecule has 2 aliphatic rings. The highest BCUT2D eigenvalue weighted by molar-refractivity contribution is 5.62. The number of ether oxygens (including phenoxy) is 1. The van der Waals surface area contributed by atoms with E-state index < -0.39 is 0 Å². The Labute approximate surface area is 146 Å². The number of nitrogens with two attached hydrogens (primary N) is 1. The Morgan fingerprint density at radius 3 is 2.92 bits per heavy atom. The van der Waals surface area contributed by atoms with E-state index in [-0.39, 0.29) is 11.9 Å². The fourth-order valence-electron chi connectivity index (χ4n) is 3.93. The van der Waals surface area contributed by atoms with E-state index >= 15 is 0 Å². The third-order valence-electron chi connectivity index (χ3n) is 5.25. The first-order valence-electron chi connectivity index (χ1n) is 8.95. The van der Waals surface area contributed by atoms with Gasteiger partial charge >= 0.3 is 0 Å². The van der Waals surface area contributed by atoms with Gasteiger partial charge in [-0.15, -0.1) is 5.10 Å². The largest absolute Gasteiger partial charge is 0.381 e. The van der Waals surface area contributed by atoms with Crippen LogP contribution in [0.4, 0.5) is 4.39 Å². The second-order valence-corrected chi connectivity index (χ2v) is 6.94. The maximum absolute atomic E-state index is 14.1. The number of likely N-dealkylation sites (tertiary alicyclic amines) is 1. The van der Waals surface area contributed by atoms with Gasteiger partial charge < -0.3 is 15.4 Å². The van der Waals surface area contributed by atoms with Crippen LogP contribution in [-0.2, 0) is 11.3 Å². The van der Waals surface area contributed by atoms with Gasteiger partial charge in [-0.2, -0.15) is 0 Å². The lowest BCUT2D eigenvalue weighted by molar-refractivity contribution is 0.172. The molecule has 1 aromatic heterocycles. The number of benzene rings is 1. The van der Waals surface area contributed by atoms with E-state index in [2.05, 4.69) is 15.2 Å². The summed E-state index contributed by atoms with van der Waals surface area (Å²) in [5.41, 5.74) is 7.79. The highest BCUT2D eigenvalue weighted by Crippen LogP contribution is 2.29. The Morgan fingerprint density at radius 1 is 1.28 bits per heavy atom. The summed E-state index contributed by atoms with van der Waals surface area (Å²) >= 11 is 0. The van der Waals surface area contributed by atoms with Crippen LogP contribution in [0.25, 0.3) is 11.3 Å². The van der Waals surface area contributed by atoms with Crippen LogP contribution in [0, 0.1) is 11.7 Å². The van der Waals surface area contributed by atoms with E-state index in [9.17, 15) is 4.39 Å². The molecule has 0 radical (unpaired) electrons. The zero-order valence-electron chi connectivity index (χ0n) is 14.3. The zero-order chi connectivity index (χ0) is 17.2. The molecule has 2 unspecified atom stereocenters. The molecule has 6 nitrogen and oxygen atoms in total. The Morgan fingerprint density at radius 2 is 2.16 bits per heavy atom. The number of hydrogen-bond acceptors (Lipinski definition) is 5. The summed E-state index contributed by atoms with van der Waals surface area (Å²) in [5, 5.41) is 8.57. The molecule has 2 atom stereocenters. The molecule has 25 heavy (non-hydrogen) atoms. The molecular weight excluding hydrogens is 321 g/mol. The summed E-state index contributed by atoms with van der Waals surface area (Å²) in [6.07, 6.45) is 2.16. The maximum atomic E-state index is 14.1. The minimum Gasteiger partial charge on any atom is -0.381 e. The van der Waals surface area contributed by atoms with Crippen molar-refractivity contribution in [1.82, 2.24) is 19.9 Å². The van der Waals surface area contributed by atoms with Crippen molar-refractivity contribution in [2.45, 2.75) is 25.4 Å². The summed E-state index contributed by atoms with van der Waals surface area (Å²) in [6.45, 7) is 5.10. The van der Waals surface area contributed by atoms with E-state index in [1.54, 1.807) is 18.2 Å². The summed E-state index contributed by atoms with van der Waals surface area (Å²) in [6, 6.07) is 6.89. The van der Waals surface area contributed by atoms with Gasteiger partial charge in [-0.25, -0.2) is 9.07 Å². The normalized spacial score (nSPS) is 24.2. The van der Waals surface area contributed by atoms with Crippen LogP contribution in [0.1, 0.15) is 24.6 Å².